The third-order valence-electron chi connectivity index (χ3n) is 5.25. The van der Waals surface area contributed by atoms with Gasteiger partial charge in [0.2, 0.25) is 0 Å². The van der Waals surface area contributed by atoms with Crippen molar-refractivity contribution in [3.63, 3.8) is 0 Å². The number of cyclic esters (lactones) is 1. The molecule has 1 aliphatic heterocycles. The van der Waals surface area contributed by atoms with E-state index in [1.165, 1.54) is 0 Å². The Morgan fingerprint density at radius 1 is 0.900 bits per heavy atom. The summed E-state index contributed by atoms with van der Waals surface area (Å²) in [5.41, 5.74) is 4.30. The van der Waals surface area contributed by atoms with Gasteiger partial charge in [0.25, 0.3) is 0 Å². The number of hydrogen-bond donors (Lipinski definition) is 1. The Kier molecular flexibility index (Phi) is 4.06. The van der Waals surface area contributed by atoms with Gasteiger partial charge in [0, 0.05) is 41.6 Å². The van der Waals surface area contributed by atoms with Gasteiger partial charge in [0.05, 0.1) is 5.69 Å². The van der Waals surface area contributed by atoms with Crippen molar-refractivity contribution in [2.75, 3.05) is 23.9 Å². The van der Waals surface area contributed by atoms with Gasteiger partial charge >= 0.3 is 12.0 Å². The van der Waals surface area contributed by atoms with Crippen LogP contribution in [0.2, 0.25) is 0 Å². The summed E-state index contributed by atoms with van der Waals surface area (Å²) < 4.78 is 5.28. The highest BCUT2D eigenvalue weighted by Crippen LogP contribution is 2.30. The predicted molar refractivity (Wildman–Crippen MR) is 119 cm³/mol. The van der Waals surface area contributed by atoms with Crippen LogP contribution in [0.4, 0.5) is 16.2 Å². The highest BCUT2D eigenvalue weighted by Gasteiger charge is 2.37. The van der Waals surface area contributed by atoms with Gasteiger partial charge in [-0.15, -0.1) is 0 Å². The number of para-hydroxylation sites is 1. The Labute approximate surface area is 173 Å². The van der Waals surface area contributed by atoms with E-state index in [1.807, 2.05) is 73.6 Å². The zero-order valence-electron chi connectivity index (χ0n) is 16.5. The maximum atomic E-state index is 12.9. The molecule has 0 bridgehead atoms. The molecule has 0 atom stereocenters. The number of anilines is 2. The number of H-pyrrole nitrogens is 1. The molecule has 6 heteroatoms. The number of carbonyl (C=O) groups is 2. The summed E-state index contributed by atoms with van der Waals surface area (Å²) in [5.74, 6) is -0.465. The number of nitrogens with one attached hydrogen (secondary N) is 1. The van der Waals surface area contributed by atoms with Gasteiger partial charge < -0.3 is 14.6 Å². The standard InChI is InChI=1S/C24H19N3O3/c1-26(2)16-8-10-17(11-9-16)27-23(28)22(30-24(27)29)14-15-7-12-21-19(13-15)18-5-3-4-6-20(18)25-21/h3-14,25H,1-2H3/b22-14+. The lowest BCUT2D eigenvalue weighted by Gasteiger charge is -2.15. The van der Waals surface area contributed by atoms with Crippen LogP contribution in [0.3, 0.4) is 0 Å². The highest BCUT2D eigenvalue weighted by molar-refractivity contribution is 6.25. The highest BCUT2D eigenvalue weighted by atomic mass is 16.6. The zero-order valence-corrected chi connectivity index (χ0v) is 16.5. The Morgan fingerprint density at radius 2 is 1.63 bits per heavy atom. The normalized spacial score (nSPS) is 15.4. The van der Waals surface area contributed by atoms with Gasteiger partial charge in [-0.25, -0.2) is 9.69 Å². The van der Waals surface area contributed by atoms with E-state index in [0.29, 0.717) is 5.69 Å². The van der Waals surface area contributed by atoms with Crippen molar-refractivity contribution < 1.29 is 14.3 Å². The molecule has 1 aromatic heterocycles. The number of hydrogen-bond acceptors (Lipinski definition) is 4. The average Bonchev–Trinajstić information content (AvgIpc) is 3.24. The lowest BCUT2D eigenvalue weighted by molar-refractivity contribution is -0.114. The van der Waals surface area contributed by atoms with Crippen molar-refractivity contribution in [2.24, 2.45) is 0 Å². The third kappa shape index (κ3) is 2.90. The molecule has 30 heavy (non-hydrogen) atoms. The van der Waals surface area contributed by atoms with Gasteiger partial charge in [-0.2, -0.15) is 0 Å². The van der Waals surface area contributed by atoms with E-state index >= 15 is 0 Å². The van der Waals surface area contributed by atoms with Gasteiger partial charge in [0.1, 0.15) is 0 Å². The number of carbonyl (C=O) groups excluding carboxylic acids is 2. The minimum Gasteiger partial charge on any atom is -0.404 e. The van der Waals surface area contributed by atoms with Crippen molar-refractivity contribution in [2.45, 2.75) is 0 Å². The van der Waals surface area contributed by atoms with Crippen LogP contribution in [0.1, 0.15) is 5.56 Å². The fourth-order valence-corrected chi connectivity index (χ4v) is 3.70. The van der Waals surface area contributed by atoms with E-state index < -0.39 is 12.0 Å². The van der Waals surface area contributed by atoms with Crippen LogP contribution in [0.15, 0.2) is 72.5 Å². The first-order valence-electron chi connectivity index (χ1n) is 9.57. The molecule has 0 radical (unpaired) electrons. The molecule has 3 aromatic carbocycles. The van der Waals surface area contributed by atoms with Gasteiger partial charge in [-0.3, -0.25) is 4.79 Å². The van der Waals surface area contributed by atoms with Gasteiger partial charge in [-0.1, -0.05) is 24.3 Å². The summed E-state index contributed by atoms with van der Waals surface area (Å²) in [6.45, 7) is 0. The molecule has 4 aromatic rings. The number of amides is 2. The maximum absolute atomic E-state index is 12.9. The van der Waals surface area contributed by atoms with E-state index in [0.717, 1.165) is 38.0 Å². The van der Waals surface area contributed by atoms with E-state index in [1.54, 1.807) is 18.2 Å². The smallest absolute Gasteiger partial charge is 0.404 e. The molecular weight excluding hydrogens is 378 g/mol. The van der Waals surface area contributed by atoms with Crippen LogP contribution < -0.4 is 9.80 Å². The number of aromatic amines is 1. The molecule has 0 unspecified atom stereocenters. The number of rotatable bonds is 3. The number of nitrogens with zero attached hydrogens (tertiary/aromatic N) is 2. The largest absolute Gasteiger partial charge is 0.427 e. The van der Waals surface area contributed by atoms with Gasteiger partial charge in [-0.05, 0) is 54.1 Å². The molecule has 5 rings (SSSR count). The number of ether oxygens (including phenoxy) is 1. The molecule has 6 nitrogen and oxygen atoms in total. The van der Waals surface area contributed by atoms with Crippen LogP contribution in [0.5, 0.6) is 0 Å². The molecular formula is C24H19N3O3. The summed E-state index contributed by atoms with van der Waals surface area (Å²) in [6, 6.07) is 21.0. The van der Waals surface area contributed by atoms with E-state index in [2.05, 4.69) is 4.98 Å². The molecule has 2 heterocycles. The molecule has 0 saturated carbocycles. The van der Waals surface area contributed by atoms with Crippen LogP contribution in [-0.4, -0.2) is 31.1 Å². The number of benzene rings is 3. The van der Waals surface area contributed by atoms with Crippen LogP contribution in [0, 0.1) is 0 Å². The second-order valence-electron chi connectivity index (χ2n) is 7.40. The lowest BCUT2D eigenvalue weighted by Crippen LogP contribution is -2.28. The fraction of sp³-hybridized carbons (Fsp3) is 0.0833. The van der Waals surface area contributed by atoms with E-state index in [9.17, 15) is 9.59 Å². The van der Waals surface area contributed by atoms with Crippen molar-refractivity contribution in [3.8, 4) is 0 Å². The number of aromatic nitrogens is 1. The molecule has 1 fully saturated rings. The molecule has 1 saturated heterocycles. The minimum atomic E-state index is -0.697. The first-order chi connectivity index (χ1) is 14.5. The number of imide groups is 1. The summed E-state index contributed by atoms with van der Waals surface area (Å²) in [7, 11) is 3.85. The Morgan fingerprint density at radius 3 is 2.40 bits per heavy atom. The quantitative estimate of drug-likeness (QED) is 0.499. The Balaban J connectivity index is 1.49. The van der Waals surface area contributed by atoms with Crippen LogP contribution in [-0.2, 0) is 9.53 Å². The van der Waals surface area contributed by atoms with Gasteiger partial charge in [0.15, 0.2) is 5.76 Å². The fourth-order valence-electron chi connectivity index (χ4n) is 3.70. The summed E-state index contributed by atoms with van der Waals surface area (Å²) in [5, 5.41) is 2.15. The Hall–Kier alpha value is -4.06. The first-order valence-corrected chi connectivity index (χ1v) is 9.57. The molecule has 0 aliphatic carbocycles. The number of fused-ring (bicyclic) bond motifs is 3. The van der Waals surface area contributed by atoms with Crippen molar-refractivity contribution in [1.82, 2.24) is 4.98 Å². The van der Waals surface area contributed by atoms with E-state index in [4.69, 9.17) is 4.74 Å². The molecule has 0 spiro atoms. The molecule has 148 valence electrons. The predicted octanol–water partition coefficient (Wildman–Crippen LogP) is 4.91. The Bertz CT molecular complexity index is 1330. The second-order valence-corrected chi connectivity index (χ2v) is 7.40. The topological polar surface area (TPSA) is 65.6 Å². The third-order valence-corrected chi connectivity index (χ3v) is 5.25. The van der Waals surface area contributed by atoms with Crippen molar-refractivity contribution in [1.29, 1.82) is 0 Å². The molecule has 1 aliphatic rings. The second kappa shape index (κ2) is 6.77. The van der Waals surface area contributed by atoms with Crippen molar-refractivity contribution >= 4 is 51.3 Å². The summed E-state index contributed by atoms with van der Waals surface area (Å²) in [6.07, 6.45) is 0.910. The lowest BCUT2D eigenvalue weighted by atomic mass is 10.1. The zero-order chi connectivity index (χ0) is 20.8. The average molecular weight is 397 g/mol. The van der Waals surface area contributed by atoms with Crippen LogP contribution in [0.25, 0.3) is 27.9 Å². The SMILES string of the molecule is CN(C)c1ccc(N2C(=O)O/C(=C/c3ccc4[nH]c5ccccc5c4c3)C2=O)cc1. The first kappa shape index (κ1) is 18.0. The monoisotopic (exact) mass is 397 g/mol. The summed E-state index contributed by atoms with van der Waals surface area (Å²) in [4.78, 5) is 31.6. The maximum Gasteiger partial charge on any atom is 0.427 e. The van der Waals surface area contributed by atoms with Crippen LogP contribution >= 0.6 is 0 Å². The van der Waals surface area contributed by atoms with E-state index in [-0.39, 0.29) is 5.76 Å². The summed E-state index contributed by atoms with van der Waals surface area (Å²) >= 11 is 0. The molecule has 2 amide bonds. The minimum absolute atomic E-state index is 0.0101. The molecule has 1 N–H and O–H groups in total. The van der Waals surface area contributed by atoms with Crippen molar-refractivity contribution in [3.05, 3.63) is 78.1 Å².